The fraction of sp³-hybridized carbons (Fsp3) is 0.438. The summed E-state index contributed by atoms with van der Waals surface area (Å²) in [6, 6.07) is 12.4. The normalized spacial score (nSPS) is 31.6. The summed E-state index contributed by atoms with van der Waals surface area (Å²) in [4.78, 5) is 0. The predicted molar refractivity (Wildman–Crippen MR) is 71.8 cm³/mol. The first-order chi connectivity index (χ1) is 8.56. The molecule has 2 heteroatoms. The Kier molecular flexibility index (Phi) is 3.54. The number of rotatable bonds is 2. The van der Waals surface area contributed by atoms with Gasteiger partial charge in [0.15, 0.2) is 5.60 Å². The smallest absolute Gasteiger partial charge is 0.152 e. The standard InChI is InChI=1S/C16H19NO/c1-12(2)14-9-10-16(3,11-17)18-15(14)13-7-5-4-6-8-13/h4-8,14-15H,1,9-10H2,2-3H3/t14-,15+,16+/m0/s1. The summed E-state index contributed by atoms with van der Waals surface area (Å²) in [6.07, 6.45) is 1.67. The molecular weight excluding hydrogens is 222 g/mol. The SMILES string of the molecule is C=C(C)[C@@H]1CC[C@](C)(C#N)O[C@@H]1c1ccccc1. The second-order valence-electron chi connectivity index (χ2n) is 5.28. The van der Waals surface area contributed by atoms with E-state index in [1.54, 1.807) is 0 Å². The van der Waals surface area contributed by atoms with E-state index in [1.165, 1.54) is 0 Å². The molecule has 94 valence electrons. The van der Waals surface area contributed by atoms with Crippen LogP contribution in [0.25, 0.3) is 0 Å². The van der Waals surface area contributed by atoms with Crippen LogP contribution < -0.4 is 0 Å². The van der Waals surface area contributed by atoms with Gasteiger partial charge in [-0.2, -0.15) is 5.26 Å². The summed E-state index contributed by atoms with van der Waals surface area (Å²) < 4.78 is 6.06. The van der Waals surface area contributed by atoms with Gasteiger partial charge in [-0.15, -0.1) is 0 Å². The molecule has 1 aliphatic rings. The van der Waals surface area contributed by atoms with Gasteiger partial charge < -0.3 is 4.74 Å². The molecule has 0 bridgehead atoms. The van der Waals surface area contributed by atoms with Crippen LogP contribution in [0.1, 0.15) is 38.4 Å². The maximum absolute atomic E-state index is 9.24. The quantitative estimate of drug-likeness (QED) is 0.733. The zero-order chi connectivity index (χ0) is 13.2. The van der Waals surface area contributed by atoms with Gasteiger partial charge in [0.05, 0.1) is 12.2 Å². The highest BCUT2D eigenvalue weighted by atomic mass is 16.5. The van der Waals surface area contributed by atoms with Crippen molar-refractivity contribution in [1.82, 2.24) is 0 Å². The Labute approximate surface area is 109 Å². The molecule has 1 heterocycles. The molecule has 3 atom stereocenters. The Morgan fingerprint density at radius 2 is 2.11 bits per heavy atom. The molecule has 0 N–H and O–H groups in total. The van der Waals surface area contributed by atoms with Crippen LogP contribution in [0.15, 0.2) is 42.5 Å². The summed E-state index contributed by atoms with van der Waals surface area (Å²) in [7, 11) is 0. The lowest BCUT2D eigenvalue weighted by Crippen LogP contribution is -2.37. The highest BCUT2D eigenvalue weighted by molar-refractivity contribution is 5.23. The Morgan fingerprint density at radius 1 is 1.44 bits per heavy atom. The van der Waals surface area contributed by atoms with Crippen molar-refractivity contribution in [1.29, 1.82) is 5.26 Å². The van der Waals surface area contributed by atoms with E-state index < -0.39 is 5.60 Å². The lowest BCUT2D eigenvalue weighted by Gasteiger charge is -2.40. The van der Waals surface area contributed by atoms with E-state index in [0.717, 1.165) is 24.0 Å². The lowest BCUT2D eigenvalue weighted by molar-refractivity contribution is -0.108. The lowest BCUT2D eigenvalue weighted by atomic mass is 9.80. The predicted octanol–water partition coefficient (Wildman–Crippen LogP) is 4.01. The summed E-state index contributed by atoms with van der Waals surface area (Å²) in [5, 5.41) is 9.24. The Bertz CT molecular complexity index is 474. The van der Waals surface area contributed by atoms with Gasteiger partial charge in [0.2, 0.25) is 0 Å². The van der Waals surface area contributed by atoms with Crippen LogP contribution in [0.4, 0.5) is 0 Å². The van der Waals surface area contributed by atoms with Crippen molar-refractivity contribution in [3.63, 3.8) is 0 Å². The van der Waals surface area contributed by atoms with Crippen LogP contribution in [-0.2, 0) is 4.74 Å². The number of hydrogen-bond acceptors (Lipinski definition) is 2. The Balaban J connectivity index is 2.32. The van der Waals surface area contributed by atoms with Gasteiger partial charge in [-0.3, -0.25) is 0 Å². The van der Waals surface area contributed by atoms with Crippen molar-refractivity contribution < 1.29 is 4.74 Å². The third kappa shape index (κ3) is 2.47. The second-order valence-corrected chi connectivity index (χ2v) is 5.28. The van der Waals surface area contributed by atoms with Crippen molar-refractivity contribution >= 4 is 0 Å². The minimum atomic E-state index is -0.674. The number of ether oxygens (including phenoxy) is 1. The Hall–Kier alpha value is -1.59. The molecule has 1 aliphatic heterocycles. The highest BCUT2D eigenvalue weighted by Gasteiger charge is 2.39. The molecular formula is C16H19NO. The minimum Gasteiger partial charge on any atom is -0.352 e. The van der Waals surface area contributed by atoms with Gasteiger partial charge in [0.1, 0.15) is 0 Å². The first-order valence-corrected chi connectivity index (χ1v) is 6.35. The molecule has 1 saturated heterocycles. The van der Waals surface area contributed by atoms with Crippen molar-refractivity contribution in [2.45, 2.75) is 38.4 Å². The van der Waals surface area contributed by atoms with Crippen LogP contribution in [0.2, 0.25) is 0 Å². The summed E-state index contributed by atoms with van der Waals surface area (Å²) in [5.74, 6) is 0.300. The first kappa shape index (κ1) is 12.9. The second kappa shape index (κ2) is 4.96. The number of hydrogen-bond donors (Lipinski definition) is 0. The topological polar surface area (TPSA) is 33.0 Å². The molecule has 0 aliphatic carbocycles. The molecule has 2 rings (SSSR count). The average Bonchev–Trinajstić information content (AvgIpc) is 2.39. The summed E-state index contributed by atoms with van der Waals surface area (Å²) in [6.45, 7) is 7.98. The van der Waals surface area contributed by atoms with Crippen LogP contribution in [0.3, 0.4) is 0 Å². The first-order valence-electron chi connectivity index (χ1n) is 6.35. The van der Waals surface area contributed by atoms with Gasteiger partial charge >= 0.3 is 0 Å². The van der Waals surface area contributed by atoms with Crippen molar-refractivity contribution in [3.8, 4) is 6.07 Å². The molecule has 0 unspecified atom stereocenters. The molecule has 1 aromatic rings. The van der Waals surface area contributed by atoms with E-state index in [4.69, 9.17) is 4.74 Å². The van der Waals surface area contributed by atoms with Crippen LogP contribution >= 0.6 is 0 Å². The Morgan fingerprint density at radius 3 is 2.67 bits per heavy atom. The third-order valence-corrected chi connectivity index (χ3v) is 3.68. The molecule has 1 aromatic carbocycles. The molecule has 18 heavy (non-hydrogen) atoms. The van der Waals surface area contributed by atoms with E-state index in [0.29, 0.717) is 5.92 Å². The van der Waals surface area contributed by atoms with E-state index >= 15 is 0 Å². The number of nitriles is 1. The fourth-order valence-electron chi connectivity index (χ4n) is 2.53. The molecule has 0 aromatic heterocycles. The molecule has 2 nitrogen and oxygen atoms in total. The van der Waals surface area contributed by atoms with Crippen molar-refractivity contribution in [3.05, 3.63) is 48.0 Å². The molecule has 0 amide bonds. The zero-order valence-electron chi connectivity index (χ0n) is 11.0. The van der Waals surface area contributed by atoms with E-state index in [9.17, 15) is 5.26 Å². The van der Waals surface area contributed by atoms with Gasteiger partial charge in [-0.05, 0) is 32.3 Å². The summed E-state index contributed by atoms with van der Waals surface area (Å²) >= 11 is 0. The van der Waals surface area contributed by atoms with Crippen molar-refractivity contribution in [2.24, 2.45) is 5.92 Å². The van der Waals surface area contributed by atoms with Gasteiger partial charge in [-0.1, -0.05) is 42.5 Å². The van der Waals surface area contributed by atoms with Crippen LogP contribution in [-0.4, -0.2) is 5.60 Å². The highest BCUT2D eigenvalue weighted by Crippen LogP contribution is 2.43. The fourth-order valence-corrected chi connectivity index (χ4v) is 2.53. The maximum Gasteiger partial charge on any atom is 0.152 e. The maximum atomic E-state index is 9.24. The van der Waals surface area contributed by atoms with Gasteiger partial charge in [0.25, 0.3) is 0 Å². The monoisotopic (exact) mass is 241 g/mol. The largest absolute Gasteiger partial charge is 0.352 e. The average molecular weight is 241 g/mol. The van der Waals surface area contributed by atoms with E-state index in [1.807, 2.05) is 32.0 Å². The minimum absolute atomic E-state index is 0.0536. The molecule has 0 radical (unpaired) electrons. The molecule has 1 fully saturated rings. The van der Waals surface area contributed by atoms with Crippen LogP contribution in [0, 0.1) is 17.2 Å². The zero-order valence-corrected chi connectivity index (χ0v) is 11.0. The molecule has 0 spiro atoms. The number of nitrogens with zero attached hydrogens (tertiary/aromatic N) is 1. The van der Waals surface area contributed by atoms with Crippen molar-refractivity contribution in [2.75, 3.05) is 0 Å². The van der Waals surface area contributed by atoms with Gasteiger partial charge in [0, 0.05) is 5.92 Å². The van der Waals surface area contributed by atoms with Crippen LogP contribution in [0.5, 0.6) is 0 Å². The molecule has 0 saturated carbocycles. The summed E-state index contributed by atoms with van der Waals surface area (Å²) in [5.41, 5.74) is 1.59. The van der Waals surface area contributed by atoms with E-state index in [-0.39, 0.29) is 6.10 Å². The van der Waals surface area contributed by atoms with Gasteiger partial charge in [-0.25, -0.2) is 0 Å². The van der Waals surface area contributed by atoms with E-state index in [2.05, 4.69) is 24.8 Å². The third-order valence-electron chi connectivity index (χ3n) is 3.68. The number of benzene rings is 1.